The molecule has 1 aliphatic rings. The Kier molecular flexibility index (Phi) is 4.37. The molecule has 0 aliphatic heterocycles. The van der Waals surface area contributed by atoms with Gasteiger partial charge in [-0.1, -0.05) is 13.0 Å². The maximum atomic E-state index is 4.59. The number of aromatic nitrogens is 1. The van der Waals surface area contributed by atoms with Crippen molar-refractivity contribution in [2.75, 3.05) is 25.5 Å². The maximum absolute atomic E-state index is 4.59. The quantitative estimate of drug-likeness (QED) is 0.785. The number of pyridine rings is 1. The standard InChI is InChI=1S/C14H23N3/c1-3-9-17(10-12-7-8-12)11-13-5-4-6-14(15-2)16-13/h4-6,12H,3,7-11H2,1-2H3,(H,15,16). The lowest BCUT2D eigenvalue weighted by atomic mass is 10.2. The summed E-state index contributed by atoms with van der Waals surface area (Å²) in [6.07, 6.45) is 4.06. The van der Waals surface area contributed by atoms with E-state index in [1.807, 2.05) is 13.1 Å². The average Bonchev–Trinajstić information content (AvgIpc) is 3.13. The first-order chi connectivity index (χ1) is 8.31. The summed E-state index contributed by atoms with van der Waals surface area (Å²) >= 11 is 0. The first-order valence-electron chi connectivity index (χ1n) is 6.68. The highest BCUT2D eigenvalue weighted by Crippen LogP contribution is 2.30. The molecule has 3 heteroatoms. The van der Waals surface area contributed by atoms with Gasteiger partial charge in [-0.05, 0) is 43.9 Å². The van der Waals surface area contributed by atoms with Crippen LogP contribution in [0.3, 0.4) is 0 Å². The zero-order chi connectivity index (χ0) is 12.1. The van der Waals surface area contributed by atoms with Crippen LogP contribution in [0, 0.1) is 5.92 Å². The molecule has 0 unspecified atom stereocenters. The smallest absolute Gasteiger partial charge is 0.126 e. The molecule has 0 radical (unpaired) electrons. The Morgan fingerprint density at radius 3 is 2.88 bits per heavy atom. The van der Waals surface area contributed by atoms with Crippen LogP contribution in [0.2, 0.25) is 0 Å². The molecule has 0 amide bonds. The van der Waals surface area contributed by atoms with E-state index in [1.165, 1.54) is 38.0 Å². The fourth-order valence-corrected chi connectivity index (χ4v) is 2.15. The zero-order valence-corrected chi connectivity index (χ0v) is 10.9. The van der Waals surface area contributed by atoms with Crippen LogP contribution < -0.4 is 5.32 Å². The summed E-state index contributed by atoms with van der Waals surface area (Å²) in [6.45, 7) is 5.67. The lowest BCUT2D eigenvalue weighted by Gasteiger charge is -2.21. The normalized spacial score (nSPS) is 15.2. The molecular formula is C14H23N3. The van der Waals surface area contributed by atoms with Gasteiger partial charge in [-0.15, -0.1) is 0 Å². The second-order valence-corrected chi connectivity index (χ2v) is 4.94. The van der Waals surface area contributed by atoms with Gasteiger partial charge in [0.15, 0.2) is 0 Å². The molecule has 0 bridgehead atoms. The van der Waals surface area contributed by atoms with Crippen molar-refractivity contribution in [1.29, 1.82) is 0 Å². The van der Waals surface area contributed by atoms with Crippen LogP contribution in [0.1, 0.15) is 31.9 Å². The van der Waals surface area contributed by atoms with Crippen molar-refractivity contribution in [3.05, 3.63) is 23.9 Å². The van der Waals surface area contributed by atoms with E-state index in [9.17, 15) is 0 Å². The highest BCUT2D eigenvalue weighted by Gasteiger charge is 2.24. The molecule has 17 heavy (non-hydrogen) atoms. The van der Waals surface area contributed by atoms with E-state index in [4.69, 9.17) is 0 Å². The number of anilines is 1. The Balaban J connectivity index is 1.94. The molecule has 0 spiro atoms. The van der Waals surface area contributed by atoms with Gasteiger partial charge in [0, 0.05) is 20.1 Å². The van der Waals surface area contributed by atoms with E-state index >= 15 is 0 Å². The van der Waals surface area contributed by atoms with Gasteiger partial charge in [-0.3, -0.25) is 4.90 Å². The highest BCUT2D eigenvalue weighted by molar-refractivity contribution is 5.34. The number of rotatable bonds is 7. The number of hydrogen-bond acceptors (Lipinski definition) is 3. The largest absolute Gasteiger partial charge is 0.373 e. The first kappa shape index (κ1) is 12.4. The van der Waals surface area contributed by atoms with Crippen LogP contribution >= 0.6 is 0 Å². The molecule has 1 heterocycles. The van der Waals surface area contributed by atoms with Crippen molar-refractivity contribution in [1.82, 2.24) is 9.88 Å². The minimum absolute atomic E-state index is 0.953. The maximum Gasteiger partial charge on any atom is 0.126 e. The summed E-state index contributed by atoms with van der Waals surface area (Å²) in [5.74, 6) is 1.92. The van der Waals surface area contributed by atoms with Gasteiger partial charge in [0.2, 0.25) is 0 Å². The monoisotopic (exact) mass is 233 g/mol. The number of nitrogens with zero attached hydrogens (tertiary/aromatic N) is 2. The second-order valence-electron chi connectivity index (χ2n) is 4.94. The number of hydrogen-bond donors (Lipinski definition) is 1. The summed E-state index contributed by atoms with van der Waals surface area (Å²) in [5, 5.41) is 3.10. The van der Waals surface area contributed by atoms with Crippen molar-refractivity contribution in [2.45, 2.75) is 32.7 Å². The SMILES string of the molecule is CCCN(Cc1cccc(NC)n1)CC1CC1. The van der Waals surface area contributed by atoms with Gasteiger partial charge >= 0.3 is 0 Å². The lowest BCUT2D eigenvalue weighted by Crippen LogP contribution is -2.26. The Labute approximate surface area is 104 Å². The van der Waals surface area contributed by atoms with Crippen LogP contribution in [-0.4, -0.2) is 30.0 Å². The van der Waals surface area contributed by atoms with Crippen molar-refractivity contribution in [2.24, 2.45) is 5.92 Å². The Morgan fingerprint density at radius 2 is 2.24 bits per heavy atom. The van der Waals surface area contributed by atoms with Gasteiger partial charge in [0.05, 0.1) is 5.69 Å². The van der Waals surface area contributed by atoms with Gasteiger partial charge < -0.3 is 5.32 Å². The fourth-order valence-electron chi connectivity index (χ4n) is 2.15. The predicted molar refractivity (Wildman–Crippen MR) is 72.1 cm³/mol. The van der Waals surface area contributed by atoms with Crippen LogP contribution in [0.15, 0.2) is 18.2 Å². The van der Waals surface area contributed by atoms with E-state index in [2.05, 4.69) is 34.3 Å². The van der Waals surface area contributed by atoms with Gasteiger partial charge in [0.1, 0.15) is 5.82 Å². The van der Waals surface area contributed by atoms with Crippen LogP contribution in [-0.2, 0) is 6.54 Å². The van der Waals surface area contributed by atoms with Gasteiger partial charge in [-0.25, -0.2) is 4.98 Å². The summed E-state index contributed by atoms with van der Waals surface area (Å²) in [7, 11) is 1.92. The number of nitrogens with one attached hydrogen (secondary N) is 1. The van der Waals surface area contributed by atoms with Gasteiger partial charge in [0.25, 0.3) is 0 Å². The third-order valence-corrected chi connectivity index (χ3v) is 3.20. The van der Waals surface area contributed by atoms with Crippen LogP contribution in [0.25, 0.3) is 0 Å². The van der Waals surface area contributed by atoms with E-state index < -0.39 is 0 Å². The Morgan fingerprint density at radius 1 is 1.41 bits per heavy atom. The molecule has 1 aromatic heterocycles. The summed E-state index contributed by atoms with van der Waals surface area (Å²) in [5.41, 5.74) is 1.17. The molecule has 0 aromatic carbocycles. The van der Waals surface area contributed by atoms with Crippen molar-refractivity contribution in [3.63, 3.8) is 0 Å². The molecule has 1 fully saturated rings. The lowest BCUT2D eigenvalue weighted by molar-refractivity contribution is 0.252. The Hall–Kier alpha value is -1.09. The average molecular weight is 233 g/mol. The van der Waals surface area contributed by atoms with E-state index in [-0.39, 0.29) is 0 Å². The van der Waals surface area contributed by atoms with Crippen molar-refractivity contribution < 1.29 is 0 Å². The minimum Gasteiger partial charge on any atom is -0.373 e. The van der Waals surface area contributed by atoms with Crippen LogP contribution in [0.5, 0.6) is 0 Å². The molecule has 1 aliphatic carbocycles. The Bertz CT molecular complexity index is 347. The topological polar surface area (TPSA) is 28.2 Å². The van der Waals surface area contributed by atoms with Gasteiger partial charge in [-0.2, -0.15) is 0 Å². The summed E-state index contributed by atoms with van der Waals surface area (Å²) in [4.78, 5) is 7.13. The van der Waals surface area contributed by atoms with E-state index in [0.717, 1.165) is 18.3 Å². The van der Waals surface area contributed by atoms with Crippen LogP contribution in [0.4, 0.5) is 5.82 Å². The molecule has 1 saturated carbocycles. The molecule has 2 rings (SSSR count). The molecule has 0 atom stereocenters. The minimum atomic E-state index is 0.953. The summed E-state index contributed by atoms with van der Waals surface area (Å²) in [6, 6.07) is 6.21. The first-order valence-corrected chi connectivity index (χ1v) is 6.68. The third-order valence-electron chi connectivity index (χ3n) is 3.20. The van der Waals surface area contributed by atoms with E-state index in [0.29, 0.717) is 0 Å². The van der Waals surface area contributed by atoms with Crippen molar-refractivity contribution in [3.8, 4) is 0 Å². The molecule has 3 nitrogen and oxygen atoms in total. The third kappa shape index (κ3) is 4.00. The molecule has 94 valence electrons. The summed E-state index contributed by atoms with van der Waals surface area (Å²) < 4.78 is 0. The van der Waals surface area contributed by atoms with E-state index in [1.54, 1.807) is 0 Å². The molecule has 1 N–H and O–H groups in total. The second kappa shape index (κ2) is 6.01. The van der Waals surface area contributed by atoms with Crippen molar-refractivity contribution >= 4 is 5.82 Å². The fraction of sp³-hybridized carbons (Fsp3) is 0.643. The molecule has 0 saturated heterocycles. The highest BCUT2D eigenvalue weighted by atomic mass is 15.1. The molecule has 1 aromatic rings. The zero-order valence-electron chi connectivity index (χ0n) is 10.9. The molecular weight excluding hydrogens is 210 g/mol. The predicted octanol–water partition coefficient (Wildman–Crippen LogP) is 2.75.